The van der Waals surface area contributed by atoms with Crippen molar-refractivity contribution in [3.63, 3.8) is 0 Å². The molecule has 1 aliphatic rings. The molecule has 1 aromatic carbocycles. The summed E-state index contributed by atoms with van der Waals surface area (Å²) in [5.41, 5.74) is 6.21. The summed E-state index contributed by atoms with van der Waals surface area (Å²) in [4.78, 5) is 20.8. The summed E-state index contributed by atoms with van der Waals surface area (Å²) in [6.45, 7) is 10.9. The number of ether oxygens (including phenoxy) is 1. The fourth-order valence-corrected chi connectivity index (χ4v) is 3.79. The van der Waals surface area contributed by atoms with Crippen molar-refractivity contribution in [2.24, 2.45) is 5.41 Å². The van der Waals surface area contributed by atoms with Gasteiger partial charge in [0.1, 0.15) is 5.75 Å². The van der Waals surface area contributed by atoms with Gasteiger partial charge < -0.3 is 4.74 Å². The third-order valence-electron chi connectivity index (χ3n) is 5.54. The highest BCUT2D eigenvalue weighted by Crippen LogP contribution is 2.40. The molecule has 0 amide bonds. The largest absolute Gasteiger partial charge is 0.422 e. The Labute approximate surface area is 179 Å². The SMILES string of the molecule is CC1=C(C=C/C(C)=C/c2cnc(C(=O)Oc3ccc(C)cc3)cn2)C(C)(C)CCC1. The highest BCUT2D eigenvalue weighted by Gasteiger charge is 2.26. The summed E-state index contributed by atoms with van der Waals surface area (Å²) in [6, 6.07) is 7.31. The fraction of sp³-hybridized carbons (Fsp3) is 0.346. The molecule has 156 valence electrons. The van der Waals surface area contributed by atoms with Gasteiger partial charge in [-0.25, -0.2) is 9.78 Å². The maximum Gasteiger partial charge on any atom is 0.363 e. The first kappa shape index (κ1) is 21.7. The predicted molar refractivity (Wildman–Crippen MR) is 121 cm³/mol. The predicted octanol–water partition coefficient (Wildman–Crippen LogP) is 6.49. The minimum Gasteiger partial charge on any atom is -0.422 e. The van der Waals surface area contributed by atoms with Gasteiger partial charge in [0.15, 0.2) is 5.69 Å². The molecule has 1 aromatic heterocycles. The Hall–Kier alpha value is -3.01. The Morgan fingerprint density at radius 2 is 1.83 bits per heavy atom. The van der Waals surface area contributed by atoms with Crippen molar-refractivity contribution in [1.82, 2.24) is 9.97 Å². The molecule has 0 radical (unpaired) electrons. The Bertz CT molecular complexity index is 994. The summed E-state index contributed by atoms with van der Waals surface area (Å²) in [6.07, 6.45) is 13.0. The van der Waals surface area contributed by atoms with E-state index in [1.807, 2.05) is 32.1 Å². The first-order valence-electron chi connectivity index (χ1n) is 10.4. The molecule has 4 heteroatoms. The van der Waals surface area contributed by atoms with Crippen LogP contribution in [0.1, 0.15) is 68.7 Å². The molecular weight excluding hydrogens is 372 g/mol. The molecule has 0 atom stereocenters. The van der Waals surface area contributed by atoms with Crippen LogP contribution in [0.2, 0.25) is 0 Å². The maximum atomic E-state index is 12.2. The van der Waals surface area contributed by atoms with Crippen molar-refractivity contribution in [3.8, 4) is 5.75 Å². The van der Waals surface area contributed by atoms with Crippen LogP contribution in [0.3, 0.4) is 0 Å². The third-order valence-corrected chi connectivity index (χ3v) is 5.54. The minimum absolute atomic E-state index is 0.186. The van der Waals surface area contributed by atoms with E-state index in [2.05, 4.69) is 42.9 Å². The van der Waals surface area contributed by atoms with Crippen LogP contribution in [0.5, 0.6) is 5.75 Å². The molecule has 0 aliphatic heterocycles. The number of nitrogens with zero attached hydrogens (tertiary/aromatic N) is 2. The van der Waals surface area contributed by atoms with Crippen LogP contribution in [0.25, 0.3) is 6.08 Å². The van der Waals surface area contributed by atoms with Crippen LogP contribution >= 0.6 is 0 Å². The lowest BCUT2D eigenvalue weighted by Crippen LogP contribution is -2.19. The number of rotatable bonds is 5. The second kappa shape index (κ2) is 9.21. The highest BCUT2D eigenvalue weighted by atomic mass is 16.5. The molecule has 30 heavy (non-hydrogen) atoms. The molecular formula is C26H30N2O2. The topological polar surface area (TPSA) is 52.1 Å². The average Bonchev–Trinajstić information content (AvgIpc) is 2.69. The summed E-state index contributed by atoms with van der Waals surface area (Å²) >= 11 is 0. The quantitative estimate of drug-likeness (QED) is 0.326. The van der Waals surface area contributed by atoms with Gasteiger partial charge in [0.2, 0.25) is 0 Å². The lowest BCUT2D eigenvalue weighted by molar-refractivity contribution is 0.0728. The normalized spacial score (nSPS) is 16.8. The maximum absolute atomic E-state index is 12.2. The van der Waals surface area contributed by atoms with Crippen LogP contribution < -0.4 is 4.74 Å². The van der Waals surface area contributed by atoms with Crippen molar-refractivity contribution in [3.05, 3.63) is 82.5 Å². The van der Waals surface area contributed by atoms with E-state index in [1.165, 1.54) is 36.6 Å². The average molecular weight is 403 g/mol. The van der Waals surface area contributed by atoms with E-state index in [0.717, 1.165) is 11.1 Å². The lowest BCUT2D eigenvalue weighted by atomic mass is 9.72. The van der Waals surface area contributed by atoms with Crippen LogP contribution in [0, 0.1) is 12.3 Å². The molecule has 1 heterocycles. The van der Waals surface area contributed by atoms with E-state index >= 15 is 0 Å². The number of carbonyl (C=O) groups is 1. The molecule has 0 bridgehead atoms. The minimum atomic E-state index is -0.513. The van der Waals surface area contributed by atoms with Gasteiger partial charge >= 0.3 is 5.97 Å². The highest BCUT2D eigenvalue weighted by molar-refractivity contribution is 5.88. The lowest BCUT2D eigenvalue weighted by Gasteiger charge is -2.32. The number of carbonyl (C=O) groups excluding carboxylic acids is 1. The summed E-state index contributed by atoms with van der Waals surface area (Å²) in [7, 11) is 0. The second-order valence-electron chi connectivity index (χ2n) is 8.68. The number of esters is 1. The van der Waals surface area contributed by atoms with Gasteiger partial charge in [-0.05, 0) is 74.8 Å². The molecule has 0 unspecified atom stereocenters. The molecule has 0 fully saturated rings. The number of allylic oxidation sites excluding steroid dienone is 5. The zero-order chi connectivity index (χ0) is 21.7. The molecule has 3 rings (SSSR count). The van der Waals surface area contributed by atoms with Crippen molar-refractivity contribution in [2.45, 2.75) is 53.9 Å². The van der Waals surface area contributed by atoms with Crippen LogP contribution in [0.15, 0.2) is 65.5 Å². The Kier molecular flexibility index (Phi) is 6.66. The molecule has 4 nitrogen and oxygen atoms in total. The number of aryl methyl sites for hydroxylation is 1. The molecule has 1 aliphatic carbocycles. The fourth-order valence-electron chi connectivity index (χ4n) is 3.79. The van der Waals surface area contributed by atoms with Gasteiger partial charge in [-0.15, -0.1) is 0 Å². The Morgan fingerprint density at radius 3 is 2.47 bits per heavy atom. The van der Waals surface area contributed by atoms with E-state index in [0.29, 0.717) is 11.4 Å². The molecule has 0 N–H and O–H groups in total. The standard InChI is InChI=1S/C26H30N2O2/c1-18-8-11-22(12-9-18)30-25(29)24-17-27-21(16-28-24)15-19(2)10-13-23-20(3)7-6-14-26(23,4)5/h8-13,15-17H,6-7,14H2,1-5H3/b13-10?,19-15+. The van der Waals surface area contributed by atoms with Crippen molar-refractivity contribution in [2.75, 3.05) is 0 Å². The van der Waals surface area contributed by atoms with E-state index < -0.39 is 5.97 Å². The third kappa shape index (κ3) is 5.53. The van der Waals surface area contributed by atoms with Gasteiger partial charge in [-0.3, -0.25) is 4.98 Å². The van der Waals surface area contributed by atoms with Gasteiger partial charge in [0, 0.05) is 0 Å². The first-order chi connectivity index (χ1) is 14.2. The molecule has 0 saturated heterocycles. The van der Waals surface area contributed by atoms with Crippen LogP contribution in [-0.4, -0.2) is 15.9 Å². The molecule has 0 saturated carbocycles. The Morgan fingerprint density at radius 1 is 1.10 bits per heavy atom. The monoisotopic (exact) mass is 402 g/mol. The molecule has 0 spiro atoms. The summed E-state index contributed by atoms with van der Waals surface area (Å²) < 4.78 is 5.34. The van der Waals surface area contributed by atoms with Crippen molar-refractivity contribution in [1.29, 1.82) is 0 Å². The number of aromatic nitrogens is 2. The Balaban J connectivity index is 1.67. The van der Waals surface area contributed by atoms with Gasteiger partial charge in [0.05, 0.1) is 18.1 Å². The number of benzene rings is 1. The van der Waals surface area contributed by atoms with Crippen molar-refractivity contribution >= 4 is 12.0 Å². The summed E-state index contributed by atoms with van der Waals surface area (Å²) in [5, 5.41) is 0. The number of hydrogen-bond donors (Lipinski definition) is 0. The number of hydrogen-bond acceptors (Lipinski definition) is 4. The van der Waals surface area contributed by atoms with E-state index in [9.17, 15) is 4.79 Å². The van der Waals surface area contributed by atoms with E-state index in [-0.39, 0.29) is 11.1 Å². The zero-order valence-electron chi connectivity index (χ0n) is 18.5. The van der Waals surface area contributed by atoms with Gasteiger partial charge in [-0.1, -0.05) is 49.3 Å². The van der Waals surface area contributed by atoms with Crippen LogP contribution in [-0.2, 0) is 0 Å². The molecule has 2 aromatic rings. The van der Waals surface area contributed by atoms with Crippen molar-refractivity contribution < 1.29 is 9.53 Å². The van der Waals surface area contributed by atoms with E-state index in [1.54, 1.807) is 18.3 Å². The zero-order valence-corrected chi connectivity index (χ0v) is 18.5. The summed E-state index contributed by atoms with van der Waals surface area (Å²) in [5.74, 6) is -0.0203. The second-order valence-corrected chi connectivity index (χ2v) is 8.68. The van der Waals surface area contributed by atoms with Crippen LogP contribution in [0.4, 0.5) is 0 Å². The first-order valence-corrected chi connectivity index (χ1v) is 10.4. The van der Waals surface area contributed by atoms with E-state index in [4.69, 9.17) is 4.74 Å². The smallest absolute Gasteiger partial charge is 0.363 e. The van der Waals surface area contributed by atoms with Gasteiger partial charge in [-0.2, -0.15) is 0 Å². The van der Waals surface area contributed by atoms with Gasteiger partial charge in [0.25, 0.3) is 0 Å².